The van der Waals surface area contributed by atoms with Crippen LogP contribution in [0.2, 0.25) is 0 Å². The maximum absolute atomic E-state index is 13.4. The number of carbonyl (C=O) groups excluding carboxylic acids is 1. The third kappa shape index (κ3) is 4.07. The molecule has 0 bridgehead atoms. The lowest BCUT2D eigenvalue weighted by Crippen LogP contribution is -2.50. The molecule has 1 amide bonds. The van der Waals surface area contributed by atoms with Crippen LogP contribution in [-0.4, -0.2) is 59.7 Å². The van der Waals surface area contributed by atoms with Crippen LogP contribution in [0.25, 0.3) is 21.8 Å². The van der Waals surface area contributed by atoms with Crippen molar-refractivity contribution in [1.82, 2.24) is 19.2 Å². The van der Waals surface area contributed by atoms with E-state index in [9.17, 15) is 13.2 Å². The molecule has 2 aromatic carbocycles. The summed E-state index contributed by atoms with van der Waals surface area (Å²) in [4.78, 5) is 23.7. The Balaban J connectivity index is 1.31. The molecule has 1 aliphatic rings. The van der Waals surface area contributed by atoms with Crippen molar-refractivity contribution in [2.24, 2.45) is 0 Å². The van der Waals surface area contributed by atoms with Gasteiger partial charge in [-0.25, -0.2) is 8.42 Å². The van der Waals surface area contributed by atoms with Crippen LogP contribution in [0.4, 0.5) is 0 Å². The molecule has 1 saturated heterocycles. The monoisotopic (exact) mass is 460 g/mol. The molecule has 5 rings (SSSR count). The first-order valence-electron chi connectivity index (χ1n) is 10.9. The summed E-state index contributed by atoms with van der Waals surface area (Å²) >= 11 is 0. The number of benzene rings is 2. The summed E-state index contributed by atoms with van der Waals surface area (Å²) in [5.74, 6) is -0.0208. The van der Waals surface area contributed by atoms with Crippen molar-refractivity contribution in [3.63, 3.8) is 0 Å². The van der Waals surface area contributed by atoms with E-state index in [0.717, 1.165) is 27.4 Å². The van der Waals surface area contributed by atoms with Gasteiger partial charge < -0.3 is 4.90 Å². The van der Waals surface area contributed by atoms with Gasteiger partial charge in [0.05, 0.1) is 17.5 Å². The number of aryl methyl sites for hydroxylation is 1. The van der Waals surface area contributed by atoms with Gasteiger partial charge in [-0.15, -0.1) is 0 Å². The lowest BCUT2D eigenvalue weighted by Gasteiger charge is -2.34. The van der Waals surface area contributed by atoms with Crippen molar-refractivity contribution in [3.8, 4) is 0 Å². The number of nitrogens with zero attached hydrogens (tertiary/aromatic N) is 4. The fourth-order valence-electron chi connectivity index (χ4n) is 4.35. The number of piperazine rings is 1. The van der Waals surface area contributed by atoms with E-state index in [2.05, 4.69) is 9.97 Å². The maximum Gasteiger partial charge on any atom is 0.245 e. The number of hydrogen-bond donors (Lipinski definition) is 0. The fourth-order valence-corrected chi connectivity index (χ4v) is 5.94. The van der Waals surface area contributed by atoms with E-state index in [4.69, 9.17) is 0 Å². The topological polar surface area (TPSA) is 83.5 Å². The maximum atomic E-state index is 13.4. The Morgan fingerprint density at radius 3 is 2.45 bits per heavy atom. The molecule has 0 spiro atoms. The minimum atomic E-state index is -3.72. The van der Waals surface area contributed by atoms with Gasteiger partial charge in [0.25, 0.3) is 0 Å². The minimum absolute atomic E-state index is 0.0208. The van der Waals surface area contributed by atoms with Crippen LogP contribution in [0.15, 0.2) is 71.9 Å². The van der Waals surface area contributed by atoms with Crippen molar-refractivity contribution >= 4 is 37.7 Å². The van der Waals surface area contributed by atoms with Crippen LogP contribution >= 0.6 is 0 Å². The van der Waals surface area contributed by atoms with Gasteiger partial charge in [0, 0.05) is 49.3 Å². The average molecular weight is 461 g/mol. The smallest absolute Gasteiger partial charge is 0.245 e. The molecule has 0 radical (unpaired) electrons. The molecular formula is C25H24N4O3S. The quantitative estimate of drug-likeness (QED) is 0.467. The average Bonchev–Trinajstić information content (AvgIpc) is 2.83. The number of aromatic nitrogens is 2. The second-order valence-corrected chi connectivity index (χ2v) is 10.2. The highest BCUT2D eigenvalue weighted by molar-refractivity contribution is 7.89. The van der Waals surface area contributed by atoms with E-state index in [1.807, 2.05) is 49.4 Å². The molecule has 4 aromatic rings. The molecule has 8 heteroatoms. The van der Waals surface area contributed by atoms with Crippen molar-refractivity contribution in [2.45, 2.75) is 18.2 Å². The van der Waals surface area contributed by atoms with Crippen molar-refractivity contribution in [2.75, 3.05) is 26.2 Å². The van der Waals surface area contributed by atoms with Gasteiger partial charge in [0.15, 0.2) is 0 Å². The number of amides is 1. The SMILES string of the molecule is Cc1cnc2c(S(=O)(=O)N3CCN(C(=O)Cc4cccc5cccnc45)CC3)cccc2c1. The van der Waals surface area contributed by atoms with Crippen LogP contribution in [0.3, 0.4) is 0 Å². The van der Waals surface area contributed by atoms with E-state index >= 15 is 0 Å². The lowest BCUT2D eigenvalue weighted by molar-refractivity contribution is -0.131. The summed E-state index contributed by atoms with van der Waals surface area (Å²) < 4.78 is 28.2. The first-order chi connectivity index (χ1) is 15.9. The lowest BCUT2D eigenvalue weighted by atomic mass is 10.1. The number of fused-ring (bicyclic) bond motifs is 2. The Bertz CT molecular complexity index is 1460. The van der Waals surface area contributed by atoms with Gasteiger partial charge in [-0.3, -0.25) is 14.8 Å². The highest BCUT2D eigenvalue weighted by atomic mass is 32.2. The zero-order valence-electron chi connectivity index (χ0n) is 18.3. The number of para-hydroxylation sites is 2. The first kappa shape index (κ1) is 21.5. The normalized spacial score (nSPS) is 15.2. The van der Waals surface area contributed by atoms with Gasteiger partial charge in [-0.1, -0.05) is 36.4 Å². The van der Waals surface area contributed by atoms with Gasteiger partial charge in [-0.05, 0) is 36.2 Å². The van der Waals surface area contributed by atoms with Crippen LogP contribution < -0.4 is 0 Å². The number of pyridine rings is 2. The molecule has 0 aliphatic carbocycles. The van der Waals surface area contributed by atoms with Crippen molar-refractivity contribution in [3.05, 3.63) is 78.1 Å². The largest absolute Gasteiger partial charge is 0.340 e. The number of rotatable bonds is 4. The molecule has 168 valence electrons. The Labute approximate surface area is 192 Å². The zero-order chi connectivity index (χ0) is 23.0. The molecule has 3 heterocycles. The molecule has 33 heavy (non-hydrogen) atoms. The third-order valence-electron chi connectivity index (χ3n) is 6.08. The van der Waals surface area contributed by atoms with E-state index in [-0.39, 0.29) is 30.3 Å². The van der Waals surface area contributed by atoms with E-state index in [0.29, 0.717) is 18.6 Å². The summed E-state index contributed by atoms with van der Waals surface area (Å²) in [6.07, 6.45) is 3.65. The minimum Gasteiger partial charge on any atom is -0.340 e. The summed E-state index contributed by atoms with van der Waals surface area (Å²) in [6.45, 7) is 3.15. The highest BCUT2D eigenvalue weighted by Crippen LogP contribution is 2.26. The number of hydrogen-bond acceptors (Lipinski definition) is 5. The number of sulfonamides is 1. The second-order valence-electron chi connectivity index (χ2n) is 8.29. The van der Waals surface area contributed by atoms with Crippen molar-refractivity contribution in [1.29, 1.82) is 0 Å². The first-order valence-corrected chi connectivity index (χ1v) is 12.3. The Hall–Kier alpha value is -3.36. The Morgan fingerprint density at radius 2 is 1.64 bits per heavy atom. The van der Waals surface area contributed by atoms with E-state index in [1.54, 1.807) is 29.4 Å². The summed E-state index contributed by atoms with van der Waals surface area (Å²) in [6, 6.07) is 16.8. The van der Waals surface area contributed by atoms with Crippen LogP contribution in [0.1, 0.15) is 11.1 Å². The summed E-state index contributed by atoms with van der Waals surface area (Å²) in [5, 5.41) is 1.80. The molecule has 1 aliphatic heterocycles. The second kappa shape index (κ2) is 8.53. The van der Waals surface area contributed by atoms with Gasteiger partial charge in [-0.2, -0.15) is 4.31 Å². The van der Waals surface area contributed by atoms with Crippen LogP contribution in [0, 0.1) is 6.92 Å². The van der Waals surface area contributed by atoms with Gasteiger partial charge >= 0.3 is 0 Å². The molecule has 0 unspecified atom stereocenters. The fraction of sp³-hybridized carbons (Fsp3) is 0.240. The zero-order valence-corrected chi connectivity index (χ0v) is 19.1. The molecule has 1 fully saturated rings. The predicted octanol–water partition coefficient (Wildman–Crippen LogP) is 3.17. The third-order valence-corrected chi connectivity index (χ3v) is 8.01. The molecule has 0 saturated carbocycles. The van der Waals surface area contributed by atoms with E-state index < -0.39 is 10.0 Å². The van der Waals surface area contributed by atoms with Crippen LogP contribution in [-0.2, 0) is 21.2 Å². The predicted molar refractivity (Wildman–Crippen MR) is 127 cm³/mol. The Morgan fingerprint density at radius 1 is 0.909 bits per heavy atom. The molecule has 2 aromatic heterocycles. The van der Waals surface area contributed by atoms with Gasteiger partial charge in [0.2, 0.25) is 15.9 Å². The standard InChI is InChI=1S/C25H24N4O3S/c1-18-15-20-7-3-9-22(25(20)27-17-18)33(31,32)29-13-11-28(12-14-29)23(30)16-21-6-2-5-19-8-4-10-26-24(19)21/h2-10,15,17H,11-14,16H2,1H3. The molecule has 0 atom stereocenters. The summed E-state index contributed by atoms with van der Waals surface area (Å²) in [5.41, 5.74) is 3.16. The molecular weight excluding hydrogens is 436 g/mol. The Kier molecular flexibility index (Phi) is 5.55. The molecule has 7 nitrogen and oxygen atoms in total. The highest BCUT2D eigenvalue weighted by Gasteiger charge is 2.31. The summed E-state index contributed by atoms with van der Waals surface area (Å²) in [7, 11) is -3.72. The molecule has 0 N–H and O–H groups in total. The van der Waals surface area contributed by atoms with E-state index in [1.165, 1.54) is 4.31 Å². The number of carbonyl (C=O) groups is 1. The van der Waals surface area contributed by atoms with Crippen LogP contribution in [0.5, 0.6) is 0 Å². The van der Waals surface area contributed by atoms with Crippen molar-refractivity contribution < 1.29 is 13.2 Å². The van der Waals surface area contributed by atoms with Gasteiger partial charge in [0.1, 0.15) is 4.90 Å².